The lowest BCUT2D eigenvalue weighted by atomic mass is 9.80. The number of carboxylic acids is 1. The molecule has 0 bridgehead atoms. The number of piperidine rings is 1. The van der Waals surface area contributed by atoms with Gasteiger partial charge >= 0.3 is 5.97 Å². The molecule has 212 valence electrons. The number of hydrogen-bond donors (Lipinski definition) is 1. The van der Waals surface area contributed by atoms with E-state index in [0.717, 1.165) is 63.8 Å². The van der Waals surface area contributed by atoms with E-state index in [1.165, 1.54) is 18.6 Å². The van der Waals surface area contributed by atoms with Gasteiger partial charge in [0.25, 0.3) is 0 Å². The maximum atomic E-state index is 13.7. The summed E-state index contributed by atoms with van der Waals surface area (Å²) in [5.74, 6) is 0.548. The summed E-state index contributed by atoms with van der Waals surface area (Å²) in [5.41, 5.74) is 1.08. The third-order valence-electron chi connectivity index (χ3n) is 9.37. The van der Waals surface area contributed by atoms with E-state index in [1.54, 1.807) is 24.3 Å². The van der Waals surface area contributed by atoms with Crippen LogP contribution in [0, 0.1) is 23.6 Å². The van der Waals surface area contributed by atoms with Crippen molar-refractivity contribution in [3.8, 4) is 0 Å². The molecule has 2 aromatic carbocycles. The number of carbonyl (C=O) groups is 1. The van der Waals surface area contributed by atoms with Crippen LogP contribution in [-0.4, -0.2) is 73.8 Å². The number of nitrogens with zero attached hydrogens (tertiary/aromatic N) is 2. The largest absolute Gasteiger partial charge is 0.480 e. The first kappa shape index (κ1) is 28.2. The van der Waals surface area contributed by atoms with Crippen LogP contribution >= 0.6 is 0 Å². The van der Waals surface area contributed by atoms with Gasteiger partial charge in [0.2, 0.25) is 0 Å². The van der Waals surface area contributed by atoms with Gasteiger partial charge in [0.05, 0.1) is 10.6 Å². The Balaban J connectivity index is 1.19. The van der Waals surface area contributed by atoms with Gasteiger partial charge in [-0.25, -0.2) is 12.8 Å². The van der Waals surface area contributed by atoms with E-state index in [0.29, 0.717) is 29.7 Å². The van der Waals surface area contributed by atoms with Crippen LogP contribution in [0.3, 0.4) is 0 Å². The highest BCUT2D eigenvalue weighted by atomic mass is 32.2. The second-order valence-corrected chi connectivity index (χ2v) is 14.0. The summed E-state index contributed by atoms with van der Waals surface area (Å²) in [6.07, 6.45) is 6.81. The quantitative estimate of drug-likeness (QED) is 0.417. The van der Waals surface area contributed by atoms with Gasteiger partial charge in [0.1, 0.15) is 11.9 Å². The van der Waals surface area contributed by atoms with Crippen LogP contribution in [0.15, 0.2) is 59.5 Å². The third-order valence-corrected chi connectivity index (χ3v) is 11.1. The van der Waals surface area contributed by atoms with E-state index >= 15 is 0 Å². The van der Waals surface area contributed by atoms with Crippen molar-refractivity contribution in [2.45, 2.75) is 61.8 Å². The van der Waals surface area contributed by atoms with Gasteiger partial charge in [-0.05, 0) is 86.4 Å². The Bertz CT molecular complexity index is 1190. The molecule has 8 heteroatoms. The molecule has 0 spiro atoms. The molecule has 3 atom stereocenters. The second-order valence-electron chi connectivity index (χ2n) is 11.9. The summed E-state index contributed by atoms with van der Waals surface area (Å²) in [7, 11) is -3.25. The highest BCUT2D eigenvalue weighted by Gasteiger charge is 2.41. The molecule has 1 aliphatic carbocycles. The molecule has 1 N–H and O–H groups in total. The number of hydrogen-bond acceptors (Lipinski definition) is 5. The van der Waals surface area contributed by atoms with Crippen LogP contribution < -0.4 is 0 Å². The smallest absolute Gasteiger partial charge is 0.320 e. The van der Waals surface area contributed by atoms with Crippen LogP contribution in [0.25, 0.3) is 0 Å². The molecule has 2 heterocycles. The molecular formula is C31H41FN2O4S. The Morgan fingerprint density at radius 2 is 1.64 bits per heavy atom. The molecule has 6 nitrogen and oxygen atoms in total. The highest BCUT2D eigenvalue weighted by molar-refractivity contribution is 7.91. The van der Waals surface area contributed by atoms with Crippen LogP contribution in [0.2, 0.25) is 0 Å². The number of aliphatic carboxylic acids is 1. The van der Waals surface area contributed by atoms with Gasteiger partial charge < -0.3 is 10.0 Å². The van der Waals surface area contributed by atoms with Crippen molar-refractivity contribution in [2.75, 3.05) is 38.5 Å². The molecule has 0 aromatic heterocycles. The number of rotatable bonds is 11. The number of halogens is 1. The van der Waals surface area contributed by atoms with Gasteiger partial charge in [-0.2, -0.15) is 0 Å². The van der Waals surface area contributed by atoms with E-state index in [1.807, 2.05) is 18.2 Å². The Labute approximate surface area is 232 Å². The van der Waals surface area contributed by atoms with Crippen molar-refractivity contribution >= 4 is 15.8 Å². The molecule has 2 saturated heterocycles. The fraction of sp³-hybridized carbons (Fsp3) is 0.581. The summed E-state index contributed by atoms with van der Waals surface area (Å²) in [5, 5.41) is 10.1. The molecule has 3 fully saturated rings. The van der Waals surface area contributed by atoms with Crippen molar-refractivity contribution in [2.24, 2.45) is 17.8 Å². The minimum Gasteiger partial charge on any atom is -0.480 e. The molecule has 3 unspecified atom stereocenters. The lowest BCUT2D eigenvalue weighted by molar-refractivity contribution is -0.144. The van der Waals surface area contributed by atoms with Crippen LogP contribution in [0.4, 0.5) is 4.39 Å². The molecule has 2 aliphatic heterocycles. The summed E-state index contributed by atoms with van der Waals surface area (Å²) >= 11 is 0. The highest BCUT2D eigenvalue weighted by Crippen LogP contribution is 2.38. The second kappa shape index (κ2) is 12.5. The SMILES string of the molecule is O=C(O)C(CC1CCC1)N1CC(CN2CCC(CCS(=O)(=O)c3ccccc3)CC2)C(c2ccc(F)cc2)C1. The Morgan fingerprint density at radius 1 is 0.949 bits per heavy atom. The number of benzene rings is 2. The van der Waals surface area contributed by atoms with Gasteiger partial charge in [0, 0.05) is 25.6 Å². The minimum atomic E-state index is -3.25. The number of sulfone groups is 1. The topological polar surface area (TPSA) is 77.9 Å². The summed E-state index contributed by atoms with van der Waals surface area (Å²) < 4.78 is 39.1. The first-order valence-corrected chi connectivity index (χ1v) is 16.2. The molecule has 2 aromatic rings. The Morgan fingerprint density at radius 3 is 2.26 bits per heavy atom. The summed E-state index contributed by atoms with van der Waals surface area (Å²) in [4.78, 5) is 17.3. The van der Waals surface area contributed by atoms with E-state index in [-0.39, 0.29) is 23.4 Å². The summed E-state index contributed by atoms with van der Waals surface area (Å²) in [6.45, 7) is 4.15. The van der Waals surface area contributed by atoms with Crippen LogP contribution in [-0.2, 0) is 14.6 Å². The predicted octanol–water partition coefficient (Wildman–Crippen LogP) is 5.06. The predicted molar refractivity (Wildman–Crippen MR) is 150 cm³/mol. The Hall–Kier alpha value is -2.29. The van der Waals surface area contributed by atoms with Crippen molar-refractivity contribution in [1.29, 1.82) is 0 Å². The maximum Gasteiger partial charge on any atom is 0.320 e. The molecule has 0 radical (unpaired) electrons. The normalized spacial score (nSPS) is 24.4. The van der Waals surface area contributed by atoms with Gasteiger partial charge in [-0.3, -0.25) is 9.69 Å². The fourth-order valence-corrected chi connectivity index (χ4v) is 8.19. The summed E-state index contributed by atoms with van der Waals surface area (Å²) in [6, 6.07) is 15.0. The molecule has 0 amide bonds. The standard InChI is InChI=1S/C31H41FN2O4S/c32-27-11-9-25(10-12-27)29-22-34(30(31(35)36)19-24-5-4-6-24)21-26(29)20-33-16-13-23(14-17-33)15-18-39(37,38)28-7-2-1-3-8-28/h1-3,7-12,23-24,26,29-30H,4-6,13-22H2,(H,35,36). The average Bonchev–Trinajstić information content (AvgIpc) is 3.31. The first-order chi connectivity index (χ1) is 18.8. The van der Waals surface area contributed by atoms with Crippen molar-refractivity contribution in [3.05, 3.63) is 66.0 Å². The number of carboxylic acid groups (broad SMARTS) is 1. The molecule has 39 heavy (non-hydrogen) atoms. The van der Waals surface area contributed by atoms with Gasteiger partial charge in [-0.15, -0.1) is 0 Å². The third kappa shape index (κ3) is 7.08. The van der Waals surface area contributed by atoms with Gasteiger partial charge in [0.15, 0.2) is 9.84 Å². The molecule has 5 rings (SSSR count). The minimum absolute atomic E-state index is 0.169. The van der Waals surface area contributed by atoms with E-state index in [4.69, 9.17) is 0 Å². The van der Waals surface area contributed by atoms with Crippen molar-refractivity contribution in [1.82, 2.24) is 9.80 Å². The lowest BCUT2D eigenvalue weighted by Crippen LogP contribution is -2.43. The maximum absolute atomic E-state index is 13.7. The van der Waals surface area contributed by atoms with Crippen molar-refractivity contribution < 1.29 is 22.7 Å². The molecule has 3 aliphatic rings. The molecular weight excluding hydrogens is 515 g/mol. The first-order valence-electron chi connectivity index (χ1n) is 14.5. The zero-order chi connectivity index (χ0) is 27.4. The lowest BCUT2D eigenvalue weighted by Gasteiger charge is -2.35. The average molecular weight is 557 g/mol. The molecule has 1 saturated carbocycles. The van der Waals surface area contributed by atoms with Crippen molar-refractivity contribution in [3.63, 3.8) is 0 Å². The Kier molecular flexibility index (Phi) is 9.04. The van der Waals surface area contributed by atoms with E-state index in [2.05, 4.69) is 9.80 Å². The fourth-order valence-electron chi connectivity index (χ4n) is 6.74. The number of likely N-dealkylation sites (tertiary alicyclic amines) is 2. The zero-order valence-electron chi connectivity index (χ0n) is 22.6. The van der Waals surface area contributed by atoms with Gasteiger partial charge in [-0.1, -0.05) is 49.6 Å². The van der Waals surface area contributed by atoms with Crippen LogP contribution in [0.1, 0.15) is 56.4 Å². The van der Waals surface area contributed by atoms with E-state index < -0.39 is 21.8 Å². The zero-order valence-corrected chi connectivity index (χ0v) is 23.4. The van der Waals surface area contributed by atoms with E-state index in [9.17, 15) is 22.7 Å². The van der Waals surface area contributed by atoms with Crippen LogP contribution in [0.5, 0.6) is 0 Å². The monoisotopic (exact) mass is 556 g/mol.